The minimum absolute atomic E-state index is 0. The Balaban J connectivity index is 0.00000204. The number of rotatable bonds is 6. The van der Waals surface area contributed by atoms with Gasteiger partial charge < -0.3 is 19.3 Å². The van der Waals surface area contributed by atoms with E-state index in [9.17, 15) is 28.5 Å². The second-order valence-corrected chi connectivity index (χ2v) is 12.0. The minimum Gasteiger partial charge on any atom is -0.592 e. The van der Waals surface area contributed by atoms with Crippen LogP contribution in [0, 0.1) is 17.3 Å². The van der Waals surface area contributed by atoms with E-state index in [1.54, 1.807) is 6.07 Å². The third kappa shape index (κ3) is 6.22. The van der Waals surface area contributed by atoms with Gasteiger partial charge in [-0.25, -0.2) is 4.79 Å². The molecule has 3 aliphatic rings. The Morgan fingerprint density at radius 1 is 1.15 bits per heavy atom. The molecule has 4 rings (SSSR count). The fourth-order valence-electron chi connectivity index (χ4n) is 6.05. The fraction of sp³-hybridized carbons (Fsp3) is 0.636. The summed E-state index contributed by atoms with van der Waals surface area (Å²) in [4.78, 5) is 46.2. The molecule has 0 saturated heterocycles. The molecule has 3 aliphatic carbocycles. The van der Waals surface area contributed by atoms with Crippen molar-refractivity contribution in [2.24, 2.45) is 17.3 Å². The maximum Gasteiger partial charge on any atom is 1.00 e. The molecule has 0 aliphatic heterocycles. The summed E-state index contributed by atoms with van der Waals surface area (Å²) in [5, 5.41) is -1.56. The van der Waals surface area contributed by atoms with E-state index >= 15 is 0 Å². The predicted octanol–water partition coefficient (Wildman–Crippen LogP) is -2.44. The summed E-state index contributed by atoms with van der Waals surface area (Å²) in [7, 11) is -6.30. The van der Waals surface area contributed by atoms with E-state index in [2.05, 4.69) is 6.92 Å². The van der Waals surface area contributed by atoms with E-state index in [0.29, 0.717) is 35.7 Å². The fourth-order valence-corrected chi connectivity index (χ4v) is 7.30. The second-order valence-electron chi connectivity index (χ2n) is 9.23. The van der Waals surface area contributed by atoms with Crippen molar-refractivity contribution in [2.45, 2.75) is 63.2 Å². The first kappa shape index (κ1) is 30.5. The molecule has 1 aromatic carbocycles. The zero-order valence-corrected chi connectivity index (χ0v) is 25.6. The quantitative estimate of drug-likeness (QED) is 0.173. The van der Waals surface area contributed by atoms with Crippen LogP contribution >= 0.6 is 16.1 Å². The molecule has 4 unspecified atom stereocenters. The van der Waals surface area contributed by atoms with E-state index in [1.165, 1.54) is 5.56 Å². The zero-order chi connectivity index (χ0) is 23.0. The third-order valence-electron chi connectivity index (χ3n) is 7.69. The summed E-state index contributed by atoms with van der Waals surface area (Å²) >= 11 is 0. The molecule has 1 aromatic rings. The molecular formula is C22H26Na2O8P2+2. The Kier molecular flexibility index (Phi) is 11.4. The summed E-state index contributed by atoms with van der Waals surface area (Å²) in [6.45, 7) is 1.78. The van der Waals surface area contributed by atoms with E-state index in [-0.39, 0.29) is 77.6 Å². The number of hydrogen-bond acceptors (Lipinski definition) is 8. The number of fused-ring (bicyclic) bond motifs is 5. The van der Waals surface area contributed by atoms with Gasteiger partial charge in [0.05, 0.1) is 6.42 Å². The van der Waals surface area contributed by atoms with Crippen molar-refractivity contribution >= 4 is 28.0 Å². The summed E-state index contributed by atoms with van der Waals surface area (Å²) in [5.74, 6) is 2.14. The third-order valence-corrected chi connectivity index (χ3v) is 10.3. The molecule has 8 nitrogen and oxygen atoms in total. The van der Waals surface area contributed by atoms with E-state index in [4.69, 9.17) is 9.47 Å². The number of carbonyl (C=O) groups excluding carboxylic acids is 2. The van der Waals surface area contributed by atoms with Crippen LogP contribution in [-0.2, 0) is 25.1 Å². The van der Waals surface area contributed by atoms with Crippen molar-refractivity contribution in [3.8, 4) is 5.75 Å². The number of aryl methyl sites for hydroxylation is 1. The molecule has 0 heterocycles. The first-order valence-electron chi connectivity index (χ1n) is 11.0. The Morgan fingerprint density at radius 2 is 1.85 bits per heavy atom. The minimum atomic E-state index is -3.15. The van der Waals surface area contributed by atoms with Gasteiger partial charge in [-0.3, -0.25) is 4.79 Å². The molecular weight excluding hydrogens is 500 g/mol. The largest absolute Gasteiger partial charge is 1.00 e. The molecule has 0 aromatic heterocycles. The van der Waals surface area contributed by atoms with Crippen LogP contribution in [0.25, 0.3) is 0 Å². The Bertz CT molecular complexity index is 960. The van der Waals surface area contributed by atoms with Crippen LogP contribution in [0.2, 0.25) is 0 Å². The molecule has 0 N–H and O–H groups in total. The molecule has 6 atom stereocenters. The van der Waals surface area contributed by atoms with Gasteiger partial charge in [-0.1, -0.05) is 22.1 Å². The average Bonchev–Trinajstić information content (AvgIpc) is 3.05. The van der Waals surface area contributed by atoms with Crippen LogP contribution in [0.15, 0.2) is 18.2 Å². The number of carbonyl (C=O) groups is 2. The van der Waals surface area contributed by atoms with Crippen molar-refractivity contribution < 1.29 is 97.1 Å². The summed E-state index contributed by atoms with van der Waals surface area (Å²) in [6.07, 6.45) is 4.14. The van der Waals surface area contributed by atoms with Crippen LogP contribution in [0.5, 0.6) is 5.75 Å². The zero-order valence-electron chi connectivity index (χ0n) is 19.9. The van der Waals surface area contributed by atoms with Gasteiger partial charge in [0.1, 0.15) is 18.1 Å². The van der Waals surface area contributed by atoms with Crippen molar-refractivity contribution in [1.82, 2.24) is 0 Å². The maximum absolute atomic E-state index is 12.5. The molecule has 2 fully saturated rings. The van der Waals surface area contributed by atoms with Crippen molar-refractivity contribution in [1.29, 1.82) is 0 Å². The van der Waals surface area contributed by atoms with Gasteiger partial charge in [0.25, 0.3) is 0 Å². The topological polar surface area (TPSA) is 133 Å². The number of ether oxygens (including phenoxy) is 2. The van der Waals surface area contributed by atoms with Crippen LogP contribution in [0.4, 0.5) is 4.79 Å². The van der Waals surface area contributed by atoms with Crippen LogP contribution < -0.4 is 73.6 Å². The number of Topliss-reactive ketones (excluding diaryl/α,β-unsaturated/α-hetero) is 1. The van der Waals surface area contributed by atoms with Gasteiger partial charge in [0.2, 0.25) is 0 Å². The van der Waals surface area contributed by atoms with Gasteiger partial charge in [-0.05, 0) is 73.1 Å². The van der Waals surface area contributed by atoms with Crippen LogP contribution in [-0.4, -0.2) is 23.9 Å². The van der Waals surface area contributed by atoms with E-state index in [1.807, 2.05) is 12.1 Å². The summed E-state index contributed by atoms with van der Waals surface area (Å²) in [6, 6.07) is 5.56. The Labute approximate surface area is 245 Å². The Hall–Kier alpha value is 0.280. The SMILES string of the molecule is C[C@]12CCC3c4ccc(OC(=O)OCCC([P+](=O)[O-])[P+](=O)[O-])cc4CC[C@H]3C1CCC2=O.[Na+].[Na+]. The second kappa shape index (κ2) is 12.7. The standard InChI is InChI=1S/C22H26O8P2.2Na/c1-22-10-8-16-15-5-3-14(30-21(24)29-11-9-20(31(25)26)32(27)28)12-13(15)2-4-17(16)18(22)6-7-19(22)23;;/h3,5,12,16-18,20H,2,4,6-11H2,1H3;;/q;2*+1/t16?,17-,18?,22+;;/m1../s1. The first-order valence-corrected chi connectivity index (χ1v) is 13.5. The van der Waals surface area contributed by atoms with Gasteiger partial charge in [0.15, 0.2) is 0 Å². The smallest absolute Gasteiger partial charge is 0.592 e. The van der Waals surface area contributed by atoms with Crippen molar-refractivity contribution in [2.75, 3.05) is 6.61 Å². The molecule has 0 spiro atoms. The average molecular weight is 526 g/mol. The van der Waals surface area contributed by atoms with E-state index < -0.39 is 27.6 Å². The molecule has 34 heavy (non-hydrogen) atoms. The van der Waals surface area contributed by atoms with Gasteiger partial charge in [-0.15, -0.1) is 0 Å². The maximum atomic E-state index is 12.5. The number of hydrogen-bond donors (Lipinski definition) is 0. The van der Waals surface area contributed by atoms with Crippen LogP contribution in [0.3, 0.4) is 0 Å². The molecule has 172 valence electrons. The molecule has 0 bridgehead atoms. The van der Waals surface area contributed by atoms with Crippen molar-refractivity contribution in [3.63, 3.8) is 0 Å². The monoisotopic (exact) mass is 526 g/mol. The van der Waals surface area contributed by atoms with Gasteiger partial charge in [-0.2, -0.15) is 0 Å². The molecule has 12 heteroatoms. The molecule has 2 saturated carbocycles. The Morgan fingerprint density at radius 3 is 2.53 bits per heavy atom. The molecule has 0 amide bonds. The number of benzene rings is 1. The summed E-state index contributed by atoms with van der Waals surface area (Å²) < 4.78 is 31.9. The van der Waals surface area contributed by atoms with Gasteiger partial charge >= 0.3 is 86.7 Å². The summed E-state index contributed by atoms with van der Waals surface area (Å²) in [5.41, 5.74) is 2.24. The normalized spacial score (nSPS) is 28.7. The van der Waals surface area contributed by atoms with Crippen LogP contribution in [0.1, 0.15) is 62.5 Å². The van der Waals surface area contributed by atoms with Gasteiger partial charge in [0, 0.05) is 11.8 Å². The first-order chi connectivity index (χ1) is 15.2. The van der Waals surface area contributed by atoms with E-state index in [0.717, 1.165) is 37.7 Å². The number of ketones is 1. The van der Waals surface area contributed by atoms with Crippen molar-refractivity contribution in [3.05, 3.63) is 29.3 Å². The molecule has 0 radical (unpaired) electrons. The predicted molar refractivity (Wildman–Crippen MR) is 112 cm³/mol.